The molecule has 7 heteroatoms. The first-order valence-corrected chi connectivity index (χ1v) is 8.22. The first-order valence-electron chi connectivity index (χ1n) is 8.22. The Morgan fingerprint density at radius 2 is 1.63 bits per heavy atom. The second-order valence-electron chi connectivity index (χ2n) is 6.02. The fourth-order valence-electron chi connectivity index (χ4n) is 3.10. The Labute approximate surface area is 154 Å². The summed E-state index contributed by atoms with van der Waals surface area (Å²) < 4.78 is 14.4. The lowest BCUT2D eigenvalue weighted by atomic mass is 9.95. The van der Waals surface area contributed by atoms with E-state index in [1.165, 1.54) is 24.3 Å². The van der Waals surface area contributed by atoms with Gasteiger partial charge in [0.2, 0.25) is 0 Å². The summed E-state index contributed by atoms with van der Waals surface area (Å²) in [6.45, 7) is -0.287. The van der Waals surface area contributed by atoms with E-state index in [1.807, 2.05) is 0 Å². The Bertz CT molecular complexity index is 938. The first kappa shape index (κ1) is 18.3. The van der Waals surface area contributed by atoms with Crippen LogP contribution in [0.15, 0.2) is 60.2 Å². The maximum atomic E-state index is 14.4. The number of carbonyl (C=O) groups excluding carboxylic acids is 2. The Balaban J connectivity index is 2.18. The van der Waals surface area contributed by atoms with Gasteiger partial charge in [-0.1, -0.05) is 48.5 Å². The third-order valence-electron chi connectivity index (χ3n) is 4.35. The number of rotatable bonds is 5. The number of carbonyl (C=O) groups is 3. The van der Waals surface area contributed by atoms with Crippen molar-refractivity contribution in [2.45, 2.75) is 12.5 Å². The predicted octanol–water partition coefficient (Wildman–Crippen LogP) is 2.72. The number of carboxylic acid groups (broad SMARTS) is 1. The molecule has 1 aliphatic heterocycles. The zero-order chi connectivity index (χ0) is 19.6. The van der Waals surface area contributed by atoms with Gasteiger partial charge in [0.25, 0.3) is 11.7 Å². The quantitative estimate of drug-likeness (QED) is 0.480. The van der Waals surface area contributed by atoms with Crippen molar-refractivity contribution in [2.75, 3.05) is 6.54 Å². The molecule has 1 amide bonds. The van der Waals surface area contributed by atoms with Gasteiger partial charge in [0, 0.05) is 17.7 Å². The number of benzene rings is 2. The molecule has 1 aliphatic rings. The summed E-state index contributed by atoms with van der Waals surface area (Å²) in [5, 5.41) is 19.6. The average molecular weight is 369 g/mol. The predicted molar refractivity (Wildman–Crippen MR) is 94.1 cm³/mol. The molecule has 2 N–H and O–H groups in total. The molecular weight excluding hydrogens is 353 g/mol. The number of ketones is 1. The fraction of sp³-hybridized carbons (Fsp3) is 0.150. The second-order valence-corrected chi connectivity index (χ2v) is 6.02. The van der Waals surface area contributed by atoms with Gasteiger partial charge in [-0.3, -0.25) is 14.4 Å². The van der Waals surface area contributed by atoms with Gasteiger partial charge in [0.05, 0.1) is 18.0 Å². The smallest absolute Gasteiger partial charge is 0.305 e. The third-order valence-corrected chi connectivity index (χ3v) is 4.35. The van der Waals surface area contributed by atoms with Gasteiger partial charge in [-0.25, -0.2) is 4.39 Å². The number of likely N-dealkylation sites (tertiary alicyclic amines) is 1. The van der Waals surface area contributed by atoms with Crippen LogP contribution in [0.5, 0.6) is 0 Å². The monoisotopic (exact) mass is 369 g/mol. The molecule has 0 bridgehead atoms. The van der Waals surface area contributed by atoms with Crippen LogP contribution in [0.2, 0.25) is 0 Å². The number of nitrogens with zero attached hydrogens (tertiary/aromatic N) is 1. The number of halogens is 1. The molecule has 0 aliphatic carbocycles. The lowest BCUT2D eigenvalue weighted by molar-refractivity contribution is -0.142. The van der Waals surface area contributed by atoms with E-state index in [2.05, 4.69) is 0 Å². The van der Waals surface area contributed by atoms with Crippen LogP contribution in [0.4, 0.5) is 4.39 Å². The Hall–Kier alpha value is -3.48. The standard InChI is InChI=1S/C20H16FNO5/c21-14-9-5-4-8-13(14)17-16(18(25)12-6-2-1-3-7-12)19(26)20(27)22(17)11-10-15(23)24/h1-9,17,25H,10-11H2,(H,23,24)/b18-16+. The van der Waals surface area contributed by atoms with E-state index in [9.17, 15) is 23.9 Å². The van der Waals surface area contributed by atoms with Gasteiger partial charge in [0.1, 0.15) is 11.6 Å². The number of hydrogen-bond acceptors (Lipinski definition) is 4. The highest BCUT2D eigenvalue weighted by Gasteiger charge is 2.46. The minimum absolute atomic E-state index is 0.0135. The summed E-state index contributed by atoms with van der Waals surface area (Å²) in [5.41, 5.74) is 0.0522. The van der Waals surface area contributed by atoms with Crippen molar-refractivity contribution < 1.29 is 29.0 Å². The molecule has 2 aromatic carbocycles. The van der Waals surface area contributed by atoms with Crippen LogP contribution in [0.1, 0.15) is 23.6 Å². The molecule has 1 fully saturated rings. The SMILES string of the molecule is O=C(O)CCN1C(=O)C(=O)/C(=C(/O)c2ccccc2)C1c1ccccc1F. The molecule has 138 valence electrons. The zero-order valence-corrected chi connectivity index (χ0v) is 14.1. The van der Waals surface area contributed by atoms with Gasteiger partial charge < -0.3 is 15.1 Å². The first-order chi connectivity index (χ1) is 12.9. The molecule has 0 aromatic heterocycles. The van der Waals surface area contributed by atoms with Crippen LogP contribution in [-0.2, 0) is 14.4 Å². The van der Waals surface area contributed by atoms with Crippen LogP contribution in [-0.4, -0.2) is 39.3 Å². The van der Waals surface area contributed by atoms with Crippen molar-refractivity contribution in [3.63, 3.8) is 0 Å². The Morgan fingerprint density at radius 3 is 2.26 bits per heavy atom. The van der Waals surface area contributed by atoms with Crippen molar-refractivity contribution >= 4 is 23.4 Å². The molecule has 3 rings (SSSR count). The zero-order valence-electron chi connectivity index (χ0n) is 14.1. The minimum atomic E-state index is -1.20. The number of aliphatic hydroxyl groups excluding tert-OH is 1. The Kier molecular flexibility index (Phi) is 5.03. The fourth-order valence-corrected chi connectivity index (χ4v) is 3.10. The van der Waals surface area contributed by atoms with E-state index in [-0.39, 0.29) is 17.7 Å². The number of hydrogen-bond donors (Lipinski definition) is 2. The molecule has 0 saturated carbocycles. The number of carboxylic acids is 1. The van der Waals surface area contributed by atoms with Crippen molar-refractivity contribution in [3.8, 4) is 0 Å². The minimum Gasteiger partial charge on any atom is -0.507 e. The Morgan fingerprint density at radius 1 is 1.00 bits per heavy atom. The molecule has 1 heterocycles. The van der Waals surface area contributed by atoms with Gasteiger partial charge in [0.15, 0.2) is 0 Å². The second kappa shape index (κ2) is 7.41. The van der Waals surface area contributed by atoms with E-state index in [0.29, 0.717) is 5.56 Å². The van der Waals surface area contributed by atoms with Crippen LogP contribution in [0.25, 0.3) is 5.76 Å². The van der Waals surface area contributed by atoms with Crippen molar-refractivity contribution in [1.82, 2.24) is 4.90 Å². The maximum Gasteiger partial charge on any atom is 0.305 e. The summed E-state index contributed by atoms with van der Waals surface area (Å²) in [4.78, 5) is 37.0. The lowest BCUT2D eigenvalue weighted by Crippen LogP contribution is -2.32. The summed E-state index contributed by atoms with van der Waals surface area (Å²) >= 11 is 0. The normalized spacial score (nSPS) is 18.7. The molecule has 1 unspecified atom stereocenters. The van der Waals surface area contributed by atoms with E-state index in [0.717, 1.165) is 4.90 Å². The third kappa shape index (κ3) is 3.44. The van der Waals surface area contributed by atoms with Crippen LogP contribution >= 0.6 is 0 Å². The average Bonchev–Trinajstić information content (AvgIpc) is 2.91. The number of aliphatic hydroxyl groups is 1. The maximum absolute atomic E-state index is 14.4. The van der Waals surface area contributed by atoms with Crippen molar-refractivity contribution in [2.24, 2.45) is 0 Å². The number of amides is 1. The van der Waals surface area contributed by atoms with Crippen molar-refractivity contribution in [3.05, 3.63) is 77.1 Å². The molecular formula is C20H16FNO5. The van der Waals surface area contributed by atoms with Gasteiger partial charge in [-0.05, 0) is 6.07 Å². The highest BCUT2D eigenvalue weighted by Crippen LogP contribution is 2.40. The van der Waals surface area contributed by atoms with Gasteiger partial charge in [-0.15, -0.1) is 0 Å². The highest BCUT2D eigenvalue weighted by molar-refractivity contribution is 6.46. The number of Topliss-reactive ketones (excluding diaryl/α,β-unsaturated/α-hetero) is 1. The molecule has 1 saturated heterocycles. The summed E-state index contributed by atoms with van der Waals surface area (Å²) in [7, 11) is 0. The van der Waals surface area contributed by atoms with E-state index >= 15 is 0 Å². The summed E-state index contributed by atoms with van der Waals surface area (Å²) in [6, 6.07) is 12.5. The van der Waals surface area contributed by atoms with Gasteiger partial charge >= 0.3 is 5.97 Å². The summed E-state index contributed by atoms with van der Waals surface area (Å²) in [5.74, 6) is -4.20. The molecule has 0 radical (unpaired) electrons. The molecule has 0 spiro atoms. The molecule has 27 heavy (non-hydrogen) atoms. The van der Waals surface area contributed by atoms with Crippen LogP contribution in [0.3, 0.4) is 0 Å². The van der Waals surface area contributed by atoms with E-state index in [4.69, 9.17) is 5.11 Å². The highest BCUT2D eigenvalue weighted by atomic mass is 19.1. The van der Waals surface area contributed by atoms with Gasteiger partial charge in [-0.2, -0.15) is 0 Å². The molecule has 2 aromatic rings. The largest absolute Gasteiger partial charge is 0.507 e. The van der Waals surface area contributed by atoms with E-state index in [1.54, 1.807) is 30.3 Å². The summed E-state index contributed by atoms with van der Waals surface area (Å²) in [6.07, 6.45) is -0.413. The molecule has 6 nitrogen and oxygen atoms in total. The number of aliphatic carboxylic acids is 1. The molecule has 1 atom stereocenters. The van der Waals surface area contributed by atoms with E-state index < -0.39 is 41.7 Å². The van der Waals surface area contributed by atoms with Crippen LogP contribution in [0, 0.1) is 5.82 Å². The lowest BCUT2D eigenvalue weighted by Gasteiger charge is -2.25. The van der Waals surface area contributed by atoms with Crippen molar-refractivity contribution in [1.29, 1.82) is 0 Å². The topological polar surface area (TPSA) is 94.9 Å². The van der Waals surface area contributed by atoms with Crippen LogP contribution < -0.4 is 0 Å².